The van der Waals surface area contributed by atoms with Gasteiger partial charge in [-0.15, -0.1) is 0 Å². The van der Waals surface area contributed by atoms with E-state index in [1.807, 2.05) is 0 Å². The van der Waals surface area contributed by atoms with E-state index in [4.69, 9.17) is 15.2 Å². The molecule has 0 aliphatic rings. The predicted octanol–water partition coefficient (Wildman–Crippen LogP) is 2.60. The SMILES string of the molecule is CCOC(=O)/C=C/c1ccc(C(N)C(=O)OC(C)(C)C)cc1. The zero-order valence-corrected chi connectivity index (χ0v) is 13.5. The summed E-state index contributed by atoms with van der Waals surface area (Å²) in [6, 6.07) is 6.19. The van der Waals surface area contributed by atoms with Crippen molar-refractivity contribution in [2.75, 3.05) is 6.61 Å². The monoisotopic (exact) mass is 305 g/mol. The van der Waals surface area contributed by atoms with Crippen molar-refractivity contribution in [3.8, 4) is 0 Å². The number of ether oxygens (including phenoxy) is 2. The van der Waals surface area contributed by atoms with Crippen molar-refractivity contribution >= 4 is 18.0 Å². The second-order valence-electron chi connectivity index (χ2n) is 5.76. The van der Waals surface area contributed by atoms with Crippen LogP contribution in [0.4, 0.5) is 0 Å². The molecule has 0 saturated carbocycles. The molecule has 0 aliphatic heterocycles. The summed E-state index contributed by atoms with van der Waals surface area (Å²) in [5.74, 6) is -0.862. The van der Waals surface area contributed by atoms with Gasteiger partial charge in [0, 0.05) is 6.08 Å². The quantitative estimate of drug-likeness (QED) is 0.668. The van der Waals surface area contributed by atoms with Crippen LogP contribution in [0.2, 0.25) is 0 Å². The highest BCUT2D eigenvalue weighted by molar-refractivity contribution is 5.87. The van der Waals surface area contributed by atoms with Gasteiger partial charge in [0.2, 0.25) is 0 Å². The first-order valence-corrected chi connectivity index (χ1v) is 7.16. The summed E-state index contributed by atoms with van der Waals surface area (Å²) in [5, 5.41) is 0. The topological polar surface area (TPSA) is 78.6 Å². The molecule has 0 bridgehead atoms. The van der Waals surface area contributed by atoms with Gasteiger partial charge in [-0.05, 0) is 44.9 Å². The van der Waals surface area contributed by atoms with Gasteiger partial charge in [-0.1, -0.05) is 24.3 Å². The lowest BCUT2D eigenvalue weighted by Gasteiger charge is -2.22. The molecule has 0 fully saturated rings. The summed E-state index contributed by atoms with van der Waals surface area (Å²) in [4.78, 5) is 23.1. The van der Waals surface area contributed by atoms with E-state index < -0.39 is 23.6 Å². The molecule has 0 saturated heterocycles. The first kappa shape index (κ1) is 17.9. The molecule has 1 atom stereocenters. The minimum Gasteiger partial charge on any atom is -0.463 e. The molecule has 1 aromatic rings. The third-order valence-electron chi connectivity index (χ3n) is 2.65. The van der Waals surface area contributed by atoms with Gasteiger partial charge in [-0.25, -0.2) is 9.59 Å². The lowest BCUT2D eigenvalue weighted by molar-refractivity contribution is -0.156. The smallest absolute Gasteiger partial charge is 0.330 e. The number of hydrogen-bond donors (Lipinski definition) is 1. The lowest BCUT2D eigenvalue weighted by atomic mass is 10.0. The van der Waals surface area contributed by atoms with Crippen molar-refractivity contribution in [2.45, 2.75) is 39.3 Å². The Morgan fingerprint density at radius 3 is 2.32 bits per heavy atom. The van der Waals surface area contributed by atoms with Crippen LogP contribution in [0.5, 0.6) is 0 Å². The van der Waals surface area contributed by atoms with Gasteiger partial charge in [0.1, 0.15) is 11.6 Å². The first-order valence-electron chi connectivity index (χ1n) is 7.16. The zero-order valence-electron chi connectivity index (χ0n) is 13.5. The molecule has 2 N–H and O–H groups in total. The van der Waals surface area contributed by atoms with Crippen molar-refractivity contribution in [1.82, 2.24) is 0 Å². The third kappa shape index (κ3) is 6.10. The molecule has 5 heteroatoms. The Hall–Kier alpha value is -2.14. The molecule has 0 aromatic heterocycles. The molecule has 22 heavy (non-hydrogen) atoms. The fraction of sp³-hybridized carbons (Fsp3) is 0.412. The normalized spacial score (nSPS) is 13.0. The molecule has 120 valence electrons. The van der Waals surface area contributed by atoms with Crippen LogP contribution < -0.4 is 5.73 Å². The molecular formula is C17H23NO4. The number of benzene rings is 1. The zero-order chi connectivity index (χ0) is 16.8. The van der Waals surface area contributed by atoms with Crippen LogP contribution in [0, 0.1) is 0 Å². The van der Waals surface area contributed by atoms with Crippen LogP contribution >= 0.6 is 0 Å². The van der Waals surface area contributed by atoms with E-state index in [1.54, 1.807) is 58.0 Å². The van der Waals surface area contributed by atoms with Crippen LogP contribution in [0.3, 0.4) is 0 Å². The summed E-state index contributed by atoms with van der Waals surface area (Å²) in [6.07, 6.45) is 2.99. The fourth-order valence-corrected chi connectivity index (χ4v) is 1.67. The van der Waals surface area contributed by atoms with E-state index in [0.29, 0.717) is 12.2 Å². The van der Waals surface area contributed by atoms with Gasteiger partial charge in [-0.2, -0.15) is 0 Å². The fourth-order valence-electron chi connectivity index (χ4n) is 1.67. The standard InChI is InChI=1S/C17H23NO4/c1-5-21-14(19)11-8-12-6-9-13(10-7-12)15(18)16(20)22-17(2,3)4/h6-11,15H,5,18H2,1-4H3/b11-8+. The minimum absolute atomic E-state index is 0.340. The average molecular weight is 305 g/mol. The average Bonchev–Trinajstić information content (AvgIpc) is 2.43. The minimum atomic E-state index is -0.831. The van der Waals surface area contributed by atoms with E-state index in [-0.39, 0.29) is 0 Å². The van der Waals surface area contributed by atoms with Gasteiger partial charge in [0.15, 0.2) is 0 Å². The second kappa shape index (κ2) is 7.75. The Kier molecular flexibility index (Phi) is 6.31. The van der Waals surface area contributed by atoms with Crippen molar-refractivity contribution in [3.63, 3.8) is 0 Å². The van der Waals surface area contributed by atoms with E-state index in [9.17, 15) is 9.59 Å². The maximum absolute atomic E-state index is 11.9. The summed E-state index contributed by atoms with van der Waals surface area (Å²) in [7, 11) is 0. The van der Waals surface area contributed by atoms with Crippen LogP contribution in [0.15, 0.2) is 30.3 Å². The number of esters is 2. The Balaban J connectivity index is 2.72. The molecular weight excluding hydrogens is 282 g/mol. The van der Waals surface area contributed by atoms with E-state index in [0.717, 1.165) is 5.56 Å². The molecule has 1 unspecified atom stereocenters. The van der Waals surface area contributed by atoms with Crippen LogP contribution in [0.25, 0.3) is 6.08 Å². The van der Waals surface area contributed by atoms with Gasteiger partial charge in [-0.3, -0.25) is 0 Å². The van der Waals surface area contributed by atoms with Gasteiger partial charge < -0.3 is 15.2 Å². The molecule has 5 nitrogen and oxygen atoms in total. The van der Waals surface area contributed by atoms with Crippen molar-refractivity contribution in [2.24, 2.45) is 5.73 Å². The summed E-state index contributed by atoms with van der Waals surface area (Å²) in [5.41, 5.74) is 6.79. The van der Waals surface area contributed by atoms with Crippen molar-refractivity contribution < 1.29 is 19.1 Å². The highest BCUT2D eigenvalue weighted by Gasteiger charge is 2.23. The van der Waals surface area contributed by atoms with Gasteiger partial charge in [0.25, 0.3) is 0 Å². The molecule has 0 amide bonds. The Labute approximate surface area is 131 Å². The maximum Gasteiger partial charge on any atom is 0.330 e. The number of hydrogen-bond acceptors (Lipinski definition) is 5. The Morgan fingerprint density at radius 1 is 1.23 bits per heavy atom. The first-order chi connectivity index (χ1) is 10.2. The summed E-state index contributed by atoms with van der Waals surface area (Å²) >= 11 is 0. The highest BCUT2D eigenvalue weighted by Crippen LogP contribution is 2.17. The molecule has 0 aliphatic carbocycles. The van der Waals surface area contributed by atoms with Crippen LogP contribution in [0.1, 0.15) is 44.9 Å². The predicted molar refractivity (Wildman–Crippen MR) is 84.9 cm³/mol. The van der Waals surface area contributed by atoms with Crippen LogP contribution in [-0.4, -0.2) is 24.1 Å². The maximum atomic E-state index is 11.9. The van der Waals surface area contributed by atoms with E-state index in [2.05, 4.69) is 0 Å². The second-order valence-corrected chi connectivity index (χ2v) is 5.76. The van der Waals surface area contributed by atoms with Crippen molar-refractivity contribution in [1.29, 1.82) is 0 Å². The molecule has 0 radical (unpaired) electrons. The third-order valence-corrected chi connectivity index (χ3v) is 2.65. The number of carbonyl (C=O) groups is 2. The molecule has 1 rings (SSSR count). The number of nitrogens with two attached hydrogens (primary N) is 1. The summed E-state index contributed by atoms with van der Waals surface area (Å²) in [6.45, 7) is 7.47. The van der Waals surface area contributed by atoms with E-state index >= 15 is 0 Å². The van der Waals surface area contributed by atoms with E-state index in [1.165, 1.54) is 6.08 Å². The molecule has 1 aromatic carbocycles. The molecule has 0 spiro atoms. The van der Waals surface area contributed by atoms with Gasteiger partial charge >= 0.3 is 11.9 Å². The summed E-state index contributed by atoms with van der Waals surface area (Å²) < 4.78 is 10.0. The lowest BCUT2D eigenvalue weighted by Crippen LogP contribution is -2.31. The number of carbonyl (C=O) groups excluding carboxylic acids is 2. The van der Waals surface area contributed by atoms with Gasteiger partial charge in [0.05, 0.1) is 6.61 Å². The number of rotatable bonds is 5. The molecule has 0 heterocycles. The van der Waals surface area contributed by atoms with Crippen LogP contribution in [-0.2, 0) is 19.1 Å². The van der Waals surface area contributed by atoms with Crippen molar-refractivity contribution in [3.05, 3.63) is 41.5 Å². The highest BCUT2D eigenvalue weighted by atomic mass is 16.6. The largest absolute Gasteiger partial charge is 0.463 e. The Bertz CT molecular complexity index is 541. The Morgan fingerprint density at radius 2 is 1.82 bits per heavy atom.